The van der Waals surface area contributed by atoms with Crippen molar-refractivity contribution in [2.75, 3.05) is 6.54 Å². The minimum absolute atomic E-state index is 0. The molecular formula is C13H22Cl2N2O2S. The van der Waals surface area contributed by atoms with Crippen molar-refractivity contribution < 1.29 is 8.42 Å². The summed E-state index contributed by atoms with van der Waals surface area (Å²) in [5.41, 5.74) is 6.46. The molecule has 0 heterocycles. The van der Waals surface area contributed by atoms with Gasteiger partial charge in [0.25, 0.3) is 0 Å². The van der Waals surface area contributed by atoms with Crippen molar-refractivity contribution in [3.63, 3.8) is 0 Å². The second kappa shape index (κ2) is 8.85. The summed E-state index contributed by atoms with van der Waals surface area (Å²) in [5, 5.41) is 0.226. The van der Waals surface area contributed by atoms with Gasteiger partial charge < -0.3 is 5.73 Å². The Morgan fingerprint density at radius 1 is 1.40 bits per heavy atom. The van der Waals surface area contributed by atoms with Crippen LogP contribution in [0.15, 0.2) is 23.1 Å². The van der Waals surface area contributed by atoms with E-state index in [0.29, 0.717) is 0 Å². The number of hydrogen-bond donors (Lipinski definition) is 2. The maximum atomic E-state index is 12.3. The van der Waals surface area contributed by atoms with Crippen LogP contribution in [0.5, 0.6) is 0 Å². The van der Waals surface area contributed by atoms with Gasteiger partial charge >= 0.3 is 0 Å². The third-order valence-corrected chi connectivity index (χ3v) is 4.89. The van der Waals surface area contributed by atoms with Gasteiger partial charge in [-0.3, -0.25) is 0 Å². The molecule has 0 aliphatic rings. The lowest BCUT2D eigenvalue weighted by atomic mass is 10.1. The lowest BCUT2D eigenvalue weighted by Crippen LogP contribution is -2.40. The first-order chi connectivity index (χ1) is 8.90. The minimum Gasteiger partial charge on any atom is -0.329 e. The molecule has 1 aromatic carbocycles. The fraction of sp³-hybridized carbons (Fsp3) is 0.538. The third-order valence-electron chi connectivity index (χ3n) is 2.89. The zero-order chi connectivity index (χ0) is 14.5. The van der Waals surface area contributed by atoms with Gasteiger partial charge in [-0.25, -0.2) is 13.1 Å². The Labute approximate surface area is 132 Å². The monoisotopic (exact) mass is 340 g/mol. The Morgan fingerprint density at radius 2 is 2.05 bits per heavy atom. The predicted molar refractivity (Wildman–Crippen MR) is 86.1 cm³/mol. The maximum absolute atomic E-state index is 12.3. The van der Waals surface area contributed by atoms with Gasteiger partial charge in [-0.1, -0.05) is 37.4 Å². The summed E-state index contributed by atoms with van der Waals surface area (Å²) >= 11 is 5.96. The van der Waals surface area contributed by atoms with Crippen LogP contribution in [0.25, 0.3) is 0 Å². The van der Waals surface area contributed by atoms with Gasteiger partial charge in [0.05, 0.1) is 5.02 Å². The molecule has 0 saturated heterocycles. The molecule has 4 nitrogen and oxygen atoms in total. The molecule has 0 aliphatic carbocycles. The van der Waals surface area contributed by atoms with Crippen molar-refractivity contribution in [3.8, 4) is 0 Å². The van der Waals surface area contributed by atoms with Crippen LogP contribution in [-0.4, -0.2) is 21.0 Å². The molecule has 116 valence electrons. The summed E-state index contributed by atoms with van der Waals surface area (Å²) in [6.07, 6.45) is 2.67. The molecule has 1 atom stereocenters. The van der Waals surface area contributed by atoms with E-state index in [-0.39, 0.29) is 34.9 Å². The number of nitrogens with two attached hydrogens (primary N) is 1. The van der Waals surface area contributed by atoms with Gasteiger partial charge in [-0.2, -0.15) is 0 Å². The Balaban J connectivity index is 0.00000361. The topological polar surface area (TPSA) is 72.2 Å². The van der Waals surface area contributed by atoms with E-state index >= 15 is 0 Å². The lowest BCUT2D eigenvalue weighted by Gasteiger charge is -2.17. The average Bonchev–Trinajstić information content (AvgIpc) is 2.37. The molecule has 1 rings (SSSR count). The Bertz CT molecular complexity index is 521. The van der Waals surface area contributed by atoms with Gasteiger partial charge in [0.1, 0.15) is 4.90 Å². The number of halogens is 2. The van der Waals surface area contributed by atoms with Crippen LogP contribution in [0.1, 0.15) is 31.7 Å². The Kier molecular flexibility index (Phi) is 8.70. The van der Waals surface area contributed by atoms with Crippen LogP contribution < -0.4 is 10.5 Å². The molecule has 0 aliphatic heterocycles. The number of hydrogen-bond acceptors (Lipinski definition) is 3. The van der Waals surface area contributed by atoms with Gasteiger partial charge in [-0.05, 0) is 31.0 Å². The fourth-order valence-electron chi connectivity index (χ4n) is 1.77. The molecule has 20 heavy (non-hydrogen) atoms. The molecule has 0 amide bonds. The number of sulfonamides is 1. The Hall–Kier alpha value is -0.330. The summed E-state index contributed by atoms with van der Waals surface area (Å²) < 4.78 is 27.2. The fourth-order valence-corrected chi connectivity index (χ4v) is 3.64. The zero-order valence-corrected chi connectivity index (χ0v) is 14.1. The number of unbranched alkanes of at least 4 members (excludes halogenated alkanes) is 1. The standard InChI is InChI=1S/C13H21ClN2O2S.ClH/c1-3-4-5-11(9-15)16-19(17,18)13-8-10(2)6-7-12(13)14;/h6-8,11,16H,3-5,9,15H2,1-2H3;1H. The molecule has 0 fully saturated rings. The van der Waals surface area contributed by atoms with Crippen molar-refractivity contribution in [2.45, 2.75) is 44.0 Å². The number of aryl methyl sites for hydroxylation is 1. The summed E-state index contributed by atoms with van der Waals surface area (Å²) in [4.78, 5) is 0.115. The largest absolute Gasteiger partial charge is 0.329 e. The molecule has 1 unspecified atom stereocenters. The molecule has 0 bridgehead atoms. The molecule has 0 radical (unpaired) electrons. The highest BCUT2D eigenvalue weighted by Crippen LogP contribution is 2.22. The van der Waals surface area contributed by atoms with E-state index < -0.39 is 10.0 Å². The SMILES string of the molecule is CCCCC(CN)NS(=O)(=O)c1cc(C)ccc1Cl.Cl. The van der Waals surface area contributed by atoms with E-state index in [9.17, 15) is 8.42 Å². The van der Waals surface area contributed by atoms with Crippen LogP contribution in [0.4, 0.5) is 0 Å². The average molecular weight is 341 g/mol. The van der Waals surface area contributed by atoms with Crippen LogP contribution in [0.3, 0.4) is 0 Å². The van der Waals surface area contributed by atoms with Gasteiger partial charge in [0, 0.05) is 12.6 Å². The van der Waals surface area contributed by atoms with E-state index in [1.807, 2.05) is 6.92 Å². The van der Waals surface area contributed by atoms with E-state index in [4.69, 9.17) is 17.3 Å². The minimum atomic E-state index is -3.62. The second-order valence-corrected chi connectivity index (χ2v) is 6.72. The molecule has 1 aromatic rings. The first-order valence-corrected chi connectivity index (χ1v) is 8.25. The smallest absolute Gasteiger partial charge is 0.242 e. The summed E-state index contributed by atoms with van der Waals surface area (Å²) in [7, 11) is -3.62. The summed E-state index contributed by atoms with van der Waals surface area (Å²) in [5.74, 6) is 0. The zero-order valence-electron chi connectivity index (χ0n) is 11.7. The molecule has 7 heteroatoms. The predicted octanol–water partition coefficient (Wildman–Crippen LogP) is 2.87. The number of benzene rings is 1. The first kappa shape index (κ1) is 19.7. The van der Waals surface area contributed by atoms with Crippen molar-refractivity contribution >= 4 is 34.0 Å². The third kappa shape index (κ3) is 5.58. The molecule has 0 aromatic heterocycles. The van der Waals surface area contributed by atoms with Crippen molar-refractivity contribution in [1.82, 2.24) is 4.72 Å². The van der Waals surface area contributed by atoms with E-state index in [1.54, 1.807) is 18.2 Å². The van der Waals surface area contributed by atoms with Crippen LogP contribution in [-0.2, 0) is 10.0 Å². The molecular weight excluding hydrogens is 319 g/mol. The molecule has 3 N–H and O–H groups in total. The quantitative estimate of drug-likeness (QED) is 0.801. The van der Waals surface area contributed by atoms with Crippen molar-refractivity contribution in [1.29, 1.82) is 0 Å². The van der Waals surface area contributed by atoms with Crippen LogP contribution in [0, 0.1) is 6.92 Å². The second-order valence-electron chi connectivity index (χ2n) is 4.63. The highest BCUT2D eigenvalue weighted by Gasteiger charge is 2.21. The van der Waals surface area contributed by atoms with Gasteiger partial charge in [0.2, 0.25) is 10.0 Å². The van der Waals surface area contributed by atoms with Crippen molar-refractivity contribution in [3.05, 3.63) is 28.8 Å². The van der Waals surface area contributed by atoms with Gasteiger partial charge in [0.15, 0.2) is 0 Å². The Morgan fingerprint density at radius 3 is 2.60 bits per heavy atom. The van der Waals surface area contributed by atoms with E-state index in [1.165, 1.54) is 0 Å². The normalized spacial score (nSPS) is 12.8. The summed E-state index contributed by atoms with van der Waals surface area (Å²) in [6.45, 7) is 4.16. The maximum Gasteiger partial charge on any atom is 0.242 e. The van der Waals surface area contributed by atoms with Crippen molar-refractivity contribution in [2.24, 2.45) is 5.73 Å². The van der Waals surface area contributed by atoms with Gasteiger partial charge in [-0.15, -0.1) is 12.4 Å². The number of nitrogens with one attached hydrogen (secondary N) is 1. The number of rotatable bonds is 7. The lowest BCUT2D eigenvalue weighted by molar-refractivity contribution is 0.516. The van der Waals surface area contributed by atoms with E-state index in [2.05, 4.69) is 11.6 Å². The highest BCUT2D eigenvalue weighted by molar-refractivity contribution is 7.89. The summed E-state index contributed by atoms with van der Waals surface area (Å²) in [6, 6.07) is 4.69. The highest BCUT2D eigenvalue weighted by atomic mass is 35.5. The molecule has 0 spiro atoms. The molecule has 0 saturated carbocycles. The first-order valence-electron chi connectivity index (χ1n) is 6.39. The van der Waals surface area contributed by atoms with Crippen LogP contribution >= 0.6 is 24.0 Å². The van der Waals surface area contributed by atoms with E-state index in [0.717, 1.165) is 24.8 Å². The van der Waals surface area contributed by atoms with Crippen LogP contribution in [0.2, 0.25) is 5.02 Å².